The van der Waals surface area contributed by atoms with Crippen molar-refractivity contribution >= 4 is 32.8 Å². The maximum absolute atomic E-state index is 13.9. The predicted molar refractivity (Wildman–Crippen MR) is 133 cm³/mol. The van der Waals surface area contributed by atoms with Crippen molar-refractivity contribution in [1.82, 2.24) is 19.2 Å². The van der Waals surface area contributed by atoms with E-state index in [4.69, 9.17) is 4.42 Å². The number of anilines is 1. The van der Waals surface area contributed by atoms with Gasteiger partial charge in [-0.15, -0.1) is 0 Å². The van der Waals surface area contributed by atoms with Gasteiger partial charge in [0.25, 0.3) is 5.91 Å². The van der Waals surface area contributed by atoms with Crippen molar-refractivity contribution in [3.63, 3.8) is 0 Å². The van der Waals surface area contributed by atoms with Crippen LogP contribution in [0.25, 0.3) is 11.0 Å². The number of aryl methyl sites for hydroxylation is 2. The summed E-state index contributed by atoms with van der Waals surface area (Å²) < 4.78 is 35.5. The Hall–Kier alpha value is -2.98. The van der Waals surface area contributed by atoms with Crippen LogP contribution in [0.3, 0.4) is 0 Å². The van der Waals surface area contributed by atoms with E-state index in [1.165, 1.54) is 4.31 Å². The maximum Gasteiger partial charge on any atom is 0.289 e. The number of piperidine rings is 1. The number of rotatable bonds is 4. The first kappa shape index (κ1) is 23.7. The highest BCUT2D eigenvalue weighted by molar-refractivity contribution is 7.89. The average Bonchev–Trinajstić information content (AvgIpc) is 3.20. The SMILES string of the molecule is Cc1cc2c(C)c(C(=O)N3CCCCC3)oc2c(S(=O)(=O)N2CCN(c3ncccn3)CC2)c1C. The van der Waals surface area contributed by atoms with E-state index in [1.807, 2.05) is 29.7 Å². The highest BCUT2D eigenvalue weighted by atomic mass is 32.2. The number of sulfonamides is 1. The van der Waals surface area contributed by atoms with Gasteiger partial charge in [-0.3, -0.25) is 4.79 Å². The van der Waals surface area contributed by atoms with Gasteiger partial charge in [-0.1, -0.05) is 0 Å². The van der Waals surface area contributed by atoms with Crippen LogP contribution >= 0.6 is 0 Å². The number of fused-ring (bicyclic) bond motifs is 1. The Morgan fingerprint density at radius 3 is 2.23 bits per heavy atom. The summed E-state index contributed by atoms with van der Waals surface area (Å²) in [5, 5.41) is 0.684. The van der Waals surface area contributed by atoms with Crippen LogP contribution < -0.4 is 4.90 Å². The average molecular weight is 498 g/mol. The van der Waals surface area contributed by atoms with Gasteiger partial charge in [-0.2, -0.15) is 4.31 Å². The van der Waals surface area contributed by atoms with Gasteiger partial charge < -0.3 is 14.2 Å². The number of hydrogen-bond donors (Lipinski definition) is 0. The van der Waals surface area contributed by atoms with Crippen LogP contribution in [0.4, 0.5) is 5.95 Å². The maximum atomic E-state index is 13.9. The second-order valence-corrected chi connectivity index (χ2v) is 11.2. The first-order valence-electron chi connectivity index (χ1n) is 12.1. The van der Waals surface area contributed by atoms with Crippen LogP contribution in [0.1, 0.15) is 46.5 Å². The predicted octanol–water partition coefficient (Wildman–Crippen LogP) is 3.29. The van der Waals surface area contributed by atoms with Crippen LogP contribution in [-0.2, 0) is 10.0 Å². The van der Waals surface area contributed by atoms with Crippen molar-refractivity contribution in [2.75, 3.05) is 44.2 Å². The lowest BCUT2D eigenvalue weighted by atomic mass is 10.0. The third kappa shape index (κ3) is 4.18. The molecule has 10 heteroatoms. The lowest BCUT2D eigenvalue weighted by Crippen LogP contribution is -2.49. The van der Waals surface area contributed by atoms with Gasteiger partial charge >= 0.3 is 0 Å². The van der Waals surface area contributed by atoms with Gasteiger partial charge in [-0.05, 0) is 63.3 Å². The molecule has 35 heavy (non-hydrogen) atoms. The quantitative estimate of drug-likeness (QED) is 0.545. The van der Waals surface area contributed by atoms with Crippen LogP contribution in [0.5, 0.6) is 0 Å². The number of piperazine rings is 1. The number of amides is 1. The van der Waals surface area contributed by atoms with Crippen molar-refractivity contribution in [2.24, 2.45) is 0 Å². The molecule has 5 rings (SSSR count). The number of aromatic nitrogens is 2. The summed E-state index contributed by atoms with van der Waals surface area (Å²) in [5.41, 5.74) is 2.48. The minimum Gasteiger partial charge on any atom is -0.449 e. The minimum atomic E-state index is -3.85. The zero-order valence-corrected chi connectivity index (χ0v) is 21.3. The van der Waals surface area contributed by atoms with E-state index in [0.717, 1.165) is 24.8 Å². The molecule has 0 atom stereocenters. The molecule has 0 radical (unpaired) electrons. The molecule has 4 heterocycles. The summed E-state index contributed by atoms with van der Waals surface area (Å²) in [6, 6.07) is 3.69. The summed E-state index contributed by atoms with van der Waals surface area (Å²) in [6.07, 6.45) is 6.43. The van der Waals surface area contributed by atoms with E-state index < -0.39 is 10.0 Å². The molecule has 0 saturated carbocycles. The molecule has 2 fully saturated rings. The summed E-state index contributed by atoms with van der Waals surface area (Å²) >= 11 is 0. The Kier molecular flexibility index (Phi) is 6.27. The fraction of sp³-hybridized carbons (Fsp3) is 0.480. The summed E-state index contributed by atoms with van der Waals surface area (Å²) in [5.74, 6) is 0.684. The first-order chi connectivity index (χ1) is 16.8. The standard InChI is InChI=1S/C25H31N5O4S/c1-17-16-20-19(3)21(24(31)28-10-5-4-6-11-28)34-22(20)23(18(17)2)35(32,33)30-14-12-29(13-15-30)25-26-8-7-9-27-25/h7-9,16H,4-6,10-15H2,1-3H3. The summed E-state index contributed by atoms with van der Waals surface area (Å²) in [7, 11) is -3.85. The van der Waals surface area contributed by atoms with Crippen molar-refractivity contribution < 1.29 is 17.6 Å². The number of carbonyl (C=O) groups excluding carboxylic acids is 1. The lowest BCUT2D eigenvalue weighted by molar-refractivity contribution is 0.0693. The molecular weight excluding hydrogens is 466 g/mol. The van der Waals surface area contributed by atoms with Crippen molar-refractivity contribution in [2.45, 2.75) is 44.9 Å². The number of furan rings is 1. The largest absolute Gasteiger partial charge is 0.449 e. The van der Waals surface area contributed by atoms with Crippen LogP contribution in [0.15, 0.2) is 33.8 Å². The van der Waals surface area contributed by atoms with Gasteiger partial charge in [0.15, 0.2) is 11.3 Å². The lowest BCUT2D eigenvalue weighted by Gasteiger charge is -2.34. The first-order valence-corrected chi connectivity index (χ1v) is 13.6. The summed E-state index contributed by atoms with van der Waals surface area (Å²) in [4.78, 5) is 25.8. The fourth-order valence-electron chi connectivity index (χ4n) is 5.01. The molecule has 3 aromatic rings. The second kappa shape index (κ2) is 9.23. The molecule has 1 aromatic carbocycles. The Balaban J connectivity index is 1.50. The molecule has 2 aromatic heterocycles. The van der Waals surface area contributed by atoms with Crippen molar-refractivity contribution in [1.29, 1.82) is 0 Å². The van der Waals surface area contributed by atoms with Crippen LogP contribution in [0, 0.1) is 20.8 Å². The molecule has 2 aliphatic rings. The monoisotopic (exact) mass is 497 g/mol. The topological polar surface area (TPSA) is 99.8 Å². The zero-order chi connectivity index (χ0) is 24.7. The van der Waals surface area contributed by atoms with Gasteiger partial charge in [0.05, 0.1) is 0 Å². The molecule has 2 saturated heterocycles. The zero-order valence-electron chi connectivity index (χ0n) is 20.5. The Morgan fingerprint density at radius 1 is 0.914 bits per heavy atom. The fourth-order valence-corrected chi connectivity index (χ4v) is 6.85. The molecular formula is C25H31N5O4S. The van der Waals surface area contributed by atoms with Crippen molar-refractivity contribution in [3.8, 4) is 0 Å². The van der Waals surface area contributed by atoms with Crippen molar-refractivity contribution in [3.05, 3.63) is 47.0 Å². The molecule has 186 valence electrons. The van der Waals surface area contributed by atoms with E-state index >= 15 is 0 Å². The molecule has 0 N–H and O–H groups in total. The molecule has 2 aliphatic heterocycles. The number of likely N-dealkylation sites (tertiary alicyclic amines) is 1. The Bertz CT molecular complexity index is 1360. The molecule has 0 aliphatic carbocycles. The molecule has 0 unspecified atom stereocenters. The molecule has 9 nitrogen and oxygen atoms in total. The van der Waals surface area contributed by atoms with Gasteiger partial charge in [0.2, 0.25) is 16.0 Å². The number of hydrogen-bond acceptors (Lipinski definition) is 7. The molecule has 1 amide bonds. The van der Waals surface area contributed by atoms with Crippen LogP contribution in [0.2, 0.25) is 0 Å². The minimum absolute atomic E-state index is 0.159. The van der Waals surface area contributed by atoms with E-state index in [0.29, 0.717) is 61.7 Å². The highest BCUT2D eigenvalue weighted by Crippen LogP contribution is 2.37. The van der Waals surface area contributed by atoms with Gasteiger partial charge in [0.1, 0.15) is 4.90 Å². The van der Waals surface area contributed by atoms with Gasteiger partial charge in [-0.25, -0.2) is 18.4 Å². The van der Waals surface area contributed by atoms with E-state index in [2.05, 4.69) is 9.97 Å². The normalized spacial score (nSPS) is 17.8. The molecule has 0 bridgehead atoms. The summed E-state index contributed by atoms with van der Waals surface area (Å²) in [6.45, 7) is 8.56. The van der Waals surface area contributed by atoms with Gasteiger partial charge in [0, 0.05) is 62.6 Å². The smallest absolute Gasteiger partial charge is 0.289 e. The van der Waals surface area contributed by atoms with E-state index in [-0.39, 0.29) is 22.1 Å². The second-order valence-electron chi connectivity index (χ2n) is 9.37. The number of carbonyl (C=O) groups is 1. The third-order valence-corrected chi connectivity index (χ3v) is 9.25. The molecule has 0 spiro atoms. The highest BCUT2D eigenvalue weighted by Gasteiger charge is 2.35. The number of nitrogens with zero attached hydrogens (tertiary/aromatic N) is 5. The number of benzene rings is 1. The Labute approximate surface area is 205 Å². The van der Waals surface area contributed by atoms with E-state index in [1.54, 1.807) is 25.4 Å². The third-order valence-electron chi connectivity index (χ3n) is 7.20. The van der Waals surface area contributed by atoms with E-state index in [9.17, 15) is 13.2 Å². The van der Waals surface area contributed by atoms with Crippen LogP contribution in [-0.4, -0.2) is 72.8 Å². The Morgan fingerprint density at radius 2 is 1.57 bits per heavy atom.